The van der Waals surface area contributed by atoms with Crippen molar-refractivity contribution in [2.45, 2.75) is 39.7 Å². The number of ketones is 1. The Bertz CT molecular complexity index is 461. The molecule has 0 saturated heterocycles. The molecule has 0 spiro atoms. The Morgan fingerprint density at radius 3 is 2.53 bits per heavy atom. The van der Waals surface area contributed by atoms with E-state index in [-0.39, 0.29) is 5.60 Å². The first-order valence-electron chi connectivity index (χ1n) is 6.34. The van der Waals surface area contributed by atoms with Gasteiger partial charge in [-0.25, -0.2) is 0 Å². The van der Waals surface area contributed by atoms with Gasteiger partial charge in [-0.3, -0.25) is 9.59 Å². The van der Waals surface area contributed by atoms with E-state index < -0.39 is 11.7 Å². The lowest BCUT2D eigenvalue weighted by molar-refractivity contribution is -0.136. The topological polar surface area (TPSA) is 55.4 Å². The molecular weight excluding hydrogens is 242 g/mol. The van der Waals surface area contributed by atoms with Crippen molar-refractivity contribution in [1.29, 1.82) is 0 Å². The van der Waals surface area contributed by atoms with Gasteiger partial charge in [0.2, 0.25) is 5.78 Å². The van der Waals surface area contributed by atoms with Gasteiger partial charge in [0, 0.05) is 13.5 Å². The van der Waals surface area contributed by atoms with E-state index >= 15 is 0 Å². The SMILES string of the molecule is CC(=O)C(=O)NCCc1cccc(OC(C)(C)C)c1. The smallest absolute Gasteiger partial charge is 0.287 e. The number of Topliss-reactive ketones (excluding diaryl/α,β-unsaturated/α-hetero) is 1. The van der Waals surface area contributed by atoms with Crippen molar-refractivity contribution >= 4 is 11.7 Å². The quantitative estimate of drug-likeness (QED) is 0.828. The van der Waals surface area contributed by atoms with Crippen LogP contribution in [0.5, 0.6) is 5.75 Å². The molecule has 0 atom stereocenters. The number of amides is 1. The van der Waals surface area contributed by atoms with E-state index in [1.165, 1.54) is 6.92 Å². The number of hydrogen-bond donors (Lipinski definition) is 1. The molecule has 19 heavy (non-hydrogen) atoms. The molecule has 4 heteroatoms. The first-order chi connectivity index (χ1) is 8.78. The summed E-state index contributed by atoms with van der Waals surface area (Å²) in [5.74, 6) is -0.199. The van der Waals surface area contributed by atoms with Gasteiger partial charge in [-0.2, -0.15) is 0 Å². The van der Waals surface area contributed by atoms with Crippen LogP contribution in [0.15, 0.2) is 24.3 Å². The second-order valence-electron chi connectivity index (χ2n) is 5.42. The molecule has 0 aromatic heterocycles. The van der Waals surface area contributed by atoms with Crippen LogP contribution in [-0.4, -0.2) is 23.8 Å². The zero-order valence-electron chi connectivity index (χ0n) is 11.9. The summed E-state index contributed by atoms with van der Waals surface area (Å²) in [5, 5.41) is 2.57. The first-order valence-corrected chi connectivity index (χ1v) is 6.34. The molecule has 1 aromatic rings. The highest BCUT2D eigenvalue weighted by Crippen LogP contribution is 2.19. The van der Waals surface area contributed by atoms with Crippen LogP contribution < -0.4 is 10.1 Å². The molecule has 0 radical (unpaired) electrons. The molecule has 104 valence electrons. The van der Waals surface area contributed by atoms with Gasteiger partial charge >= 0.3 is 0 Å². The Hall–Kier alpha value is -1.84. The normalized spacial score (nSPS) is 10.9. The third-order valence-electron chi connectivity index (χ3n) is 2.34. The fourth-order valence-electron chi connectivity index (χ4n) is 1.56. The monoisotopic (exact) mass is 263 g/mol. The molecule has 1 amide bonds. The van der Waals surface area contributed by atoms with E-state index in [2.05, 4.69) is 5.32 Å². The first kappa shape index (κ1) is 15.2. The second-order valence-corrected chi connectivity index (χ2v) is 5.42. The summed E-state index contributed by atoms with van der Waals surface area (Å²) in [6.45, 7) is 7.68. The van der Waals surface area contributed by atoms with E-state index in [0.29, 0.717) is 13.0 Å². The summed E-state index contributed by atoms with van der Waals surface area (Å²) in [5.41, 5.74) is 0.826. The van der Waals surface area contributed by atoms with Gasteiger partial charge in [-0.1, -0.05) is 12.1 Å². The van der Waals surface area contributed by atoms with Crippen molar-refractivity contribution in [2.24, 2.45) is 0 Å². The predicted octanol–water partition coefficient (Wildman–Crippen LogP) is 2.11. The van der Waals surface area contributed by atoms with Crippen molar-refractivity contribution in [3.05, 3.63) is 29.8 Å². The average molecular weight is 263 g/mol. The van der Waals surface area contributed by atoms with Gasteiger partial charge in [0.25, 0.3) is 5.91 Å². The van der Waals surface area contributed by atoms with Gasteiger partial charge in [0.1, 0.15) is 11.4 Å². The summed E-state index contributed by atoms with van der Waals surface area (Å²) >= 11 is 0. The Kier molecular flexibility index (Phi) is 5.10. The molecule has 1 rings (SSSR count). The van der Waals surface area contributed by atoms with Crippen LogP contribution in [0.2, 0.25) is 0 Å². The van der Waals surface area contributed by atoms with Gasteiger partial charge < -0.3 is 10.1 Å². The van der Waals surface area contributed by atoms with E-state index in [1.807, 2.05) is 45.0 Å². The minimum absolute atomic E-state index is 0.235. The maximum Gasteiger partial charge on any atom is 0.287 e. The van der Waals surface area contributed by atoms with Crippen LogP contribution in [-0.2, 0) is 16.0 Å². The molecule has 0 aliphatic heterocycles. The largest absolute Gasteiger partial charge is 0.488 e. The molecule has 1 aromatic carbocycles. The van der Waals surface area contributed by atoms with Crippen LogP contribution >= 0.6 is 0 Å². The van der Waals surface area contributed by atoms with Gasteiger partial charge in [0.15, 0.2) is 0 Å². The number of benzene rings is 1. The molecule has 0 aliphatic rings. The van der Waals surface area contributed by atoms with Crippen LogP contribution in [0.25, 0.3) is 0 Å². The van der Waals surface area contributed by atoms with Crippen molar-refractivity contribution in [1.82, 2.24) is 5.32 Å². The highest BCUT2D eigenvalue weighted by molar-refractivity contribution is 6.35. The Morgan fingerprint density at radius 1 is 1.26 bits per heavy atom. The fraction of sp³-hybridized carbons (Fsp3) is 0.467. The number of carbonyl (C=O) groups is 2. The lowest BCUT2D eigenvalue weighted by atomic mass is 10.1. The van der Waals surface area contributed by atoms with Crippen molar-refractivity contribution in [3.8, 4) is 5.75 Å². The molecular formula is C15H21NO3. The minimum Gasteiger partial charge on any atom is -0.488 e. The molecule has 4 nitrogen and oxygen atoms in total. The molecule has 0 bridgehead atoms. The molecule has 0 unspecified atom stereocenters. The van der Waals surface area contributed by atoms with Crippen molar-refractivity contribution < 1.29 is 14.3 Å². The van der Waals surface area contributed by atoms with Crippen LogP contribution in [0.4, 0.5) is 0 Å². The van der Waals surface area contributed by atoms with E-state index in [1.54, 1.807) is 0 Å². The van der Waals surface area contributed by atoms with Crippen molar-refractivity contribution in [2.75, 3.05) is 6.54 Å². The Labute approximate surface area is 114 Å². The van der Waals surface area contributed by atoms with Crippen LogP contribution in [0.1, 0.15) is 33.3 Å². The molecule has 0 fully saturated rings. The maximum atomic E-state index is 11.1. The third-order valence-corrected chi connectivity index (χ3v) is 2.34. The summed E-state index contributed by atoms with van der Waals surface area (Å²) in [7, 11) is 0. The average Bonchev–Trinajstić information content (AvgIpc) is 2.26. The number of carbonyl (C=O) groups excluding carboxylic acids is 2. The standard InChI is InChI=1S/C15H21NO3/c1-11(17)14(18)16-9-8-12-6-5-7-13(10-12)19-15(2,3)4/h5-7,10H,8-9H2,1-4H3,(H,16,18). The molecule has 0 saturated carbocycles. The molecule has 0 heterocycles. The van der Waals surface area contributed by atoms with Gasteiger partial charge in [-0.15, -0.1) is 0 Å². The third kappa shape index (κ3) is 6.04. The number of nitrogens with one attached hydrogen (secondary N) is 1. The highest BCUT2D eigenvalue weighted by Gasteiger charge is 2.12. The zero-order chi connectivity index (χ0) is 14.5. The summed E-state index contributed by atoms with van der Waals surface area (Å²) in [4.78, 5) is 21.9. The van der Waals surface area contributed by atoms with E-state index in [9.17, 15) is 9.59 Å². The van der Waals surface area contributed by atoms with E-state index in [0.717, 1.165) is 11.3 Å². The number of ether oxygens (including phenoxy) is 1. The van der Waals surface area contributed by atoms with E-state index in [4.69, 9.17) is 4.74 Å². The van der Waals surface area contributed by atoms with Crippen molar-refractivity contribution in [3.63, 3.8) is 0 Å². The highest BCUT2D eigenvalue weighted by atomic mass is 16.5. The number of hydrogen-bond acceptors (Lipinski definition) is 3. The number of rotatable bonds is 5. The summed E-state index contributed by atoms with van der Waals surface area (Å²) in [6.07, 6.45) is 0.667. The van der Waals surface area contributed by atoms with Gasteiger partial charge in [0.05, 0.1) is 0 Å². The predicted molar refractivity (Wildman–Crippen MR) is 74.2 cm³/mol. The fourth-order valence-corrected chi connectivity index (χ4v) is 1.56. The lowest BCUT2D eigenvalue weighted by Crippen LogP contribution is -2.30. The summed E-state index contributed by atoms with van der Waals surface area (Å²) in [6, 6.07) is 7.74. The van der Waals surface area contributed by atoms with Crippen LogP contribution in [0.3, 0.4) is 0 Å². The van der Waals surface area contributed by atoms with Crippen LogP contribution in [0, 0.1) is 0 Å². The Morgan fingerprint density at radius 2 is 1.95 bits per heavy atom. The Balaban J connectivity index is 2.53. The maximum absolute atomic E-state index is 11.1. The zero-order valence-corrected chi connectivity index (χ0v) is 11.9. The summed E-state index contributed by atoms with van der Waals surface area (Å²) < 4.78 is 5.77. The van der Waals surface area contributed by atoms with Gasteiger partial charge in [-0.05, 0) is 44.9 Å². The lowest BCUT2D eigenvalue weighted by Gasteiger charge is -2.21. The minimum atomic E-state index is -0.540. The molecule has 0 aliphatic carbocycles. The second kappa shape index (κ2) is 6.36. The molecule has 1 N–H and O–H groups in total.